The Kier molecular flexibility index (Phi) is 5.58. The Hall–Kier alpha value is -4.08. The standard InChI is InChI=1S/C25H16ClN3O5S/c1-13-5-7-14(8-6-13)22(30)20-21(15-3-2-4-17(11-15)29(33)34)28(24(32)23(20)31)25-27-18-10-9-16(26)12-19(18)35-25/h2-12,21,30H,1H3. The average molecular weight is 506 g/mol. The van der Waals surface area contributed by atoms with Gasteiger partial charge in [-0.05, 0) is 30.7 Å². The minimum Gasteiger partial charge on any atom is -0.507 e. The lowest BCUT2D eigenvalue weighted by Gasteiger charge is -2.22. The second-order valence-electron chi connectivity index (χ2n) is 8.00. The third kappa shape index (κ3) is 3.94. The normalized spacial score (nSPS) is 17.3. The highest BCUT2D eigenvalue weighted by molar-refractivity contribution is 7.22. The molecule has 2 heterocycles. The molecule has 3 aromatic carbocycles. The van der Waals surface area contributed by atoms with Crippen molar-refractivity contribution in [3.8, 4) is 0 Å². The molecular weight excluding hydrogens is 490 g/mol. The van der Waals surface area contributed by atoms with Crippen LogP contribution in [0.5, 0.6) is 0 Å². The summed E-state index contributed by atoms with van der Waals surface area (Å²) in [5, 5.41) is 23.3. The molecule has 1 aliphatic rings. The highest BCUT2D eigenvalue weighted by Crippen LogP contribution is 2.45. The number of anilines is 1. The number of amides is 1. The number of aliphatic hydroxyl groups excluding tert-OH is 1. The van der Waals surface area contributed by atoms with Gasteiger partial charge in [-0.1, -0.05) is 64.9 Å². The Morgan fingerprint density at radius 2 is 1.86 bits per heavy atom. The summed E-state index contributed by atoms with van der Waals surface area (Å²) in [5.74, 6) is -2.16. The first-order valence-corrected chi connectivity index (χ1v) is 11.6. The molecule has 0 radical (unpaired) electrons. The van der Waals surface area contributed by atoms with Gasteiger partial charge in [-0.15, -0.1) is 0 Å². The third-order valence-corrected chi connectivity index (χ3v) is 6.96. The number of fused-ring (bicyclic) bond motifs is 1. The molecule has 10 heteroatoms. The van der Waals surface area contributed by atoms with E-state index in [4.69, 9.17) is 11.6 Å². The Bertz CT molecular complexity index is 1560. The van der Waals surface area contributed by atoms with E-state index in [1.165, 1.54) is 23.1 Å². The number of nitrogens with zero attached hydrogens (tertiary/aromatic N) is 3. The van der Waals surface area contributed by atoms with Crippen molar-refractivity contribution in [1.82, 2.24) is 4.98 Å². The van der Waals surface area contributed by atoms with Gasteiger partial charge in [0.05, 0.1) is 26.8 Å². The summed E-state index contributed by atoms with van der Waals surface area (Å²) in [6.45, 7) is 1.88. The van der Waals surface area contributed by atoms with E-state index in [0.29, 0.717) is 26.4 Å². The molecule has 1 aliphatic heterocycles. The first-order chi connectivity index (χ1) is 16.7. The van der Waals surface area contributed by atoms with E-state index in [1.54, 1.807) is 48.5 Å². The monoisotopic (exact) mass is 505 g/mol. The van der Waals surface area contributed by atoms with Crippen molar-refractivity contribution in [2.24, 2.45) is 0 Å². The molecule has 4 aromatic rings. The summed E-state index contributed by atoms with van der Waals surface area (Å²) >= 11 is 7.25. The maximum atomic E-state index is 13.3. The molecule has 1 atom stereocenters. The zero-order valence-electron chi connectivity index (χ0n) is 18.1. The second-order valence-corrected chi connectivity index (χ2v) is 9.44. The van der Waals surface area contributed by atoms with Crippen molar-refractivity contribution in [3.63, 3.8) is 0 Å². The van der Waals surface area contributed by atoms with Gasteiger partial charge < -0.3 is 5.11 Å². The predicted octanol–water partition coefficient (Wildman–Crippen LogP) is 5.79. The van der Waals surface area contributed by atoms with Crippen LogP contribution in [0, 0.1) is 17.0 Å². The number of thiazole rings is 1. The van der Waals surface area contributed by atoms with Crippen LogP contribution in [0.15, 0.2) is 72.3 Å². The van der Waals surface area contributed by atoms with Gasteiger partial charge in [0.25, 0.3) is 11.5 Å². The topological polar surface area (TPSA) is 114 Å². The van der Waals surface area contributed by atoms with Crippen LogP contribution in [-0.4, -0.2) is 26.7 Å². The number of aliphatic hydroxyl groups is 1. The van der Waals surface area contributed by atoms with Crippen molar-refractivity contribution in [3.05, 3.63) is 104 Å². The number of rotatable bonds is 4. The van der Waals surface area contributed by atoms with Crippen LogP contribution in [0.2, 0.25) is 5.02 Å². The highest BCUT2D eigenvalue weighted by Gasteiger charge is 2.48. The highest BCUT2D eigenvalue weighted by atomic mass is 35.5. The van der Waals surface area contributed by atoms with Gasteiger partial charge in [0.2, 0.25) is 0 Å². The smallest absolute Gasteiger partial charge is 0.301 e. The minimum atomic E-state index is -1.12. The summed E-state index contributed by atoms with van der Waals surface area (Å²) in [4.78, 5) is 43.1. The molecule has 1 saturated heterocycles. The van der Waals surface area contributed by atoms with Crippen molar-refractivity contribution < 1.29 is 19.6 Å². The number of carbonyl (C=O) groups excluding carboxylic acids is 2. The van der Waals surface area contributed by atoms with E-state index in [1.807, 2.05) is 6.92 Å². The lowest BCUT2D eigenvalue weighted by Crippen LogP contribution is -2.29. The SMILES string of the molecule is Cc1ccc(C(O)=C2C(=O)C(=O)N(c3nc4ccc(Cl)cc4s3)C2c2cccc([N+](=O)[O-])c2)cc1. The Labute approximate surface area is 207 Å². The zero-order valence-corrected chi connectivity index (χ0v) is 19.7. The average Bonchev–Trinajstić information content (AvgIpc) is 3.37. The van der Waals surface area contributed by atoms with Gasteiger partial charge in [-0.25, -0.2) is 4.98 Å². The molecular formula is C25H16ClN3O5S. The van der Waals surface area contributed by atoms with Crippen molar-refractivity contribution >= 4 is 61.4 Å². The summed E-state index contributed by atoms with van der Waals surface area (Å²) in [6.07, 6.45) is 0. The number of hydrogen-bond acceptors (Lipinski definition) is 7. The molecule has 0 spiro atoms. The fourth-order valence-electron chi connectivity index (χ4n) is 4.01. The Morgan fingerprint density at radius 1 is 1.11 bits per heavy atom. The van der Waals surface area contributed by atoms with Gasteiger partial charge in [0.1, 0.15) is 5.76 Å². The van der Waals surface area contributed by atoms with Crippen LogP contribution in [0.1, 0.15) is 22.7 Å². The van der Waals surface area contributed by atoms with E-state index >= 15 is 0 Å². The number of carbonyl (C=O) groups is 2. The van der Waals surface area contributed by atoms with Crippen LogP contribution in [0.3, 0.4) is 0 Å². The van der Waals surface area contributed by atoms with Gasteiger partial charge in [-0.3, -0.25) is 24.6 Å². The number of aromatic nitrogens is 1. The van der Waals surface area contributed by atoms with Gasteiger partial charge in [-0.2, -0.15) is 0 Å². The molecule has 1 fully saturated rings. The molecule has 174 valence electrons. The van der Waals surface area contributed by atoms with Gasteiger partial charge >= 0.3 is 5.91 Å². The van der Waals surface area contributed by atoms with Gasteiger partial charge in [0.15, 0.2) is 5.13 Å². The first kappa shape index (κ1) is 22.7. The quantitative estimate of drug-likeness (QED) is 0.123. The number of benzene rings is 3. The van der Waals surface area contributed by atoms with Crippen LogP contribution in [0.25, 0.3) is 16.0 Å². The van der Waals surface area contributed by atoms with Crippen LogP contribution >= 0.6 is 22.9 Å². The maximum absolute atomic E-state index is 13.3. The van der Waals surface area contributed by atoms with Crippen molar-refractivity contribution in [2.45, 2.75) is 13.0 Å². The number of halogens is 1. The second kappa shape index (κ2) is 8.61. The van der Waals surface area contributed by atoms with Crippen molar-refractivity contribution in [2.75, 3.05) is 4.90 Å². The van der Waals surface area contributed by atoms with E-state index in [2.05, 4.69) is 4.98 Å². The molecule has 5 rings (SSSR count). The summed E-state index contributed by atoms with van der Waals surface area (Å²) in [6, 6.07) is 16.4. The molecule has 1 unspecified atom stereocenters. The molecule has 0 saturated carbocycles. The number of hydrogen-bond donors (Lipinski definition) is 1. The molecule has 1 aromatic heterocycles. The molecule has 0 aliphatic carbocycles. The first-order valence-electron chi connectivity index (χ1n) is 10.4. The zero-order chi connectivity index (χ0) is 24.9. The molecule has 35 heavy (non-hydrogen) atoms. The van der Waals surface area contributed by atoms with E-state index in [0.717, 1.165) is 16.9 Å². The summed E-state index contributed by atoms with van der Waals surface area (Å²) in [5.41, 5.74) is 1.79. The van der Waals surface area contributed by atoms with Crippen LogP contribution in [0.4, 0.5) is 10.8 Å². The molecule has 0 bridgehead atoms. The number of nitro groups is 1. The molecule has 1 amide bonds. The fraction of sp³-hybridized carbons (Fsp3) is 0.0800. The summed E-state index contributed by atoms with van der Waals surface area (Å²) in [7, 11) is 0. The van der Waals surface area contributed by atoms with E-state index < -0.39 is 22.7 Å². The van der Waals surface area contributed by atoms with E-state index in [-0.39, 0.29) is 22.2 Å². The molecule has 1 N–H and O–H groups in total. The third-order valence-electron chi connectivity index (χ3n) is 5.71. The number of nitro benzene ring substituents is 1. The number of aryl methyl sites for hydroxylation is 1. The minimum absolute atomic E-state index is 0.170. The largest absolute Gasteiger partial charge is 0.507 e. The Morgan fingerprint density at radius 3 is 2.57 bits per heavy atom. The number of non-ortho nitro benzene ring substituents is 1. The van der Waals surface area contributed by atoms with Gasteiger partial charge in [0, 0.05) is 22.7 Å². The molecule has 8 nitrogen and oxygen atoms in total. The number of Topliss-reactive ketones (excluding diaryl/α,β-unsaturated/α-hetero) is 1. The fourth-order valence-corrected chi connectivity index (χ4v) is 5.28. The summed E-state index contributed by atoms with van der Waals surface area (Å²) < 4.78 is 0.700. The number of ketones is 1. The van der Waals surface area contributed by atoms with E-state index in [9.17, 15) is 24.8 Å². The van der Waals surface area contributed by atoms with Crippen LogP contribution < -0.4 is 4.90 Å². The lowest BCUT2D eigenvalue weighted by atomic mass is 9.95. The Balaban J connectivity index is 1.75. The lowest BCUT2D eigenvalue weighted by molar-refractivity contribution is -0.384. The van der Waals surface area contributed by atoms with Crippen LogP contribution in [-0.2, 0) is 9.59 Å². The van der Waals surface area contributed by atoms with Crippen molar-refractivity contribution in [1.29, 1.82) is 0 Å². The maximum Gasteiger partial charge on any atom is 0.301 e. The predicted molar refractivity (Wildman–Crippen MR) is 134 cm³/mol.